The first-order chi connectivity index (χ1) is 13.7. The van der Waals surface area contributed by atoms with Gasteiger partial charge in [0.1, 0.15) is 0 Å². The van der Waals surface area contributed by atoms with Crippen LogP contribution in [0.1, 0.15) is 58.3 Å². The van der Waals surface area contributed by atoms with Gasteiger partial charge in [-0.3, -0.25) is 0 Å². The van der Waals surface area contributed by atoms with Crippen molar-refractivity contribution in [3.8, 4) is 0 Å². The molecular formula is C21H45NO6. The van der Waals surface area contributed by atoms with Crippen LogP contribution >= 0.6 is 0 Å². The molecule has 0 bridgehead atoms. The lowest BCUT2D eigenvalue weighted by Crippen LogP contribution is -2.49. The summed E-state index contributed by atoms with van der Waals surface area (Å²) in [5.41, 5.74) is 5.92. The number of ether oxygens (including phenoxy) is 6. The monoisotopic (exact) mass is 407 g/mol. The van der Waals surface area contributed by atoms with Crippen LogP contribution in [0.3, 0.4) is 0 Å². The van der Waals surface area contributed by atoms with Crippen LogP contribution < -0.4 is 5.73 Å². The largest absolute Gasteiger partial charge is 0.382 e. The van der Waals surface area contributed by atoms with Crippen LogP contribution in [0.4, 0.5) is 0 Å². The predicted molar refractivity (Wildman–Crippen MR) is 111 cm³/mol. The maximum absolute atomic E-state index is 6.14. The number of hydrogen-bond acceptors (Lipinski definition) is 7. The van der Waals surface area contributed by atoms with E-state index < -0.39 is 5.97 Å². The minimum absolute atomic E-state index is 0.0363. The number of methoxy groups -OCH3 is 3. The van der Waals surface area contributed by atoms with Crippen LogP contribution in [0.15, 0.2) is 0 Å². The van der Waals surface area contributed by atoms with Gasteiger partial charge in [-0.15, -0.1) is 0 Å². The molecule has 0 aliphatic heterocycles. The van der Waals surface area contributed by atoms with Gasteiger partial charge in [-0.2, -0.15) is 0 Å². The Morgan fingerprint density at radius 3 is 1.54 bits per heavy atom. The summed E-state index contributed by atoms with van der Waals surface area (Å²) in [6.45, 7) is 5.34. The van der Waals surface area contributed by atoms with Crippen molar-refractivity contribution in [1.82, 2.24) is 0 Å². The Balaban J connectivity index is 5.08. The van der Waals surface area contributed by atoms with Crippen LogP contribution in [-0.4, -0.2) is 73.5 Å². The lowest BCUT2D eigenvalue weighted by molar-refractivity contribution is -0.409. The lowest BCUT2D eigenvalue weighted by atomic mass is 9.94. The van der Waals surface area contributed by atoms with E-state index in [-0.39, 0.29) is 5.92 Å². The standard InChI is InChI=1S/C21H45NO6/c1-5-6-7-8-9-10-11-20(12-13-22)21(26-17-14-23-2,27-18-15-24-3)28-19-16-25-4/h20H,5-19,22H2,1-4H3. The molecule has 0 fully saturated rings. The summed E-state index contributed by atoms with van der Waals surface area (Å²) in [5, 5.41) is 0. The number of nitrogens with two attached hydrogens (primary N) is 1. The van der Waals surface area contributed by atoms with Crippen molar-refractivity contribution in [2.45, 2.75) is 64.3 Å². The van der Waals surface area contributed by atoms with Crippen LogP contribution in [0.5, 0.6) is 0 Å². The van der Waals surface area contributed by atoms with Crippen molar-refractivity contribution >= 4 is 0 Å². The van der Waals surface area contributed by atoms with Crippen LogP contribution in [0.2, 0.25) is 0 Å². The van der Waals surface area contributed by atoms with E-state index in [2.05, 4.69) is 6.92 Å². The first-order valence-electron chi connectivity index (χ1n) is 10.8. The highest BCUT2D eigenvalue weighted by Crippen LogP contribution is 2.33. The van der Waals surface area contributed by atoms with E-state index in [1.807, 2.05) is 0 Å². The van der Waals surface area contributed by atoms with Crippen molar-refractivity contribution in [2.24, 2.45) is 11.7 Å². The summed E-state index contributed by atoms with van der Waals surface area (Å²) >= 11 is 0. The van der Waals surface area contributed by atoms with Crippen LogP contribution in [0, 0.1) is 5.92 Å². The summed E-state index contributed by atoms with van der Waals surface area (Å²) in [4.78, 5) is 0. The topological polar surface area (TPSA) is 81.4 Å². The Morgan fingerprint density at radius 1 is 0.643 bits per heavy atom. The molecule has 0 amide bonds. The SMILES string of the molecule is CCCCCCCCC(CCN)C(OCCOC)(OCCOC)OCCOC. The average molecular weight is 408 g/mol. The van der Waals surface area contributed by atoms with E-state index in [1.54, 1.807) is 21.3 Å². The molecule has 0 saturated carbocycles. The summed E-state index contributed by atoms with van der Waals surface area (Å²) in [6, 6.07) is 0. The molecule has 0 aromatic rings. The second-order valence-electron chi connectivity index (χ2n) is 6.96. The molecule has 7 nitrogen and oxygen atoms in total. The summed E-state index contributed by atoms with van der Waals surface area (Å²) in [6.07, 6.45) is 9.12. The van der Waals surface area contributed by atoms with E-state index >= 15 is 0 Å². The molecule has 0 saturated heterocycles. The van der Waals surface area contributed by atoms with Crippen LogP contribution in [0.25, 0.3) is 0 Å². The van der Waals surface area contributed by atoms with Gasteiger partial charge in [-0.05, 0) is 19.4 Å². The zero-order valence-corrected chi connectivity index (χ0v) is 18.7. The smallest absolute Gasteiger partial charge is 0.286 e. The second kappa shape index (κ2) is 20.0. The maximum Gasteiger partial charge on any atom is 0.286 e. The van der Waals surface area contributed by atoms with E-state index in [0.29, 0.717) is 46.2 Å². The highest BCUT2D eigenvalue weighted by Gasteiger charge is 2.42. The Kier molecular flexibility index (Phi) is 19.8. The van der Waals surface area contributed by atoms with Gasteiger partial charge in [0.2, 0.25) is 0 Å². The Hall–Kier alpha value is -0.280. The normalized spacial score (nSPS) is 13.2. The van der Waals surface area contributed by atoms with Gasteiger partial charge in [0.15, 0.2) is 0 Å². The molecule has 170 valence electrons. The molecule has 0 heterocycles. The van der Waals surface area contributed by atoms with Crippen molar-refractivity contribution in [2.75, 3.05) is 67.5 Å². The molecule has 7 heteroatoms. The fourth-order valence-corrected chi connectivity index (χ4v) is 3.15. The summed E-state index contributed by atoms with van der Waals surface area (Å²) < 4.78 is 33.9. The van der Waals surface area contributed by atoms with Gasteiger partial charge in [-0.25, -0.2) is 0 Å². The fraction of sp³-hybridized carbons (Fsp3) is 1.00. The highest BCUT2D eigenvalue weighted by atomic mass is 16.9. The molecular weight excluding hydrogens is 362 g/mol. The Bertz CT molecular complexity index is 293. The molecule has 0 aliphatic rings. The van der Waals surface area contributed by atoms with E-state index in [1.165, 1.54) is 32.1 Å². The molecule has 1 atom stereocenters. The maximum atomic E-state index is 6.14. The minimum atomic E-state index is -1.15. The molecule has 2 N–H and O–H groups in total. The molecule has 1 unspecified atom stereocenters. The summed E-state index contributed by atoms with van der Waals surface area (Å²) in [5.74, 6) is -1.12. The van der Waals surface area contributed by atoms with Gasteiger partial charge in [0.05, 0.1) is 39.6 Å². The third-order valence-electron chi connectivity index (χ3n) is 4.69. The van der Waals surface area contributed by atoms with Crippen molar-refractivity contribution in [3.63, 3.8) is 0 Å². The highest BCUT2D eigenvalue weighted by molar-refractivity contribution is 4.74. The first-order valence-corrected chi connectivity index (χ1v) is 10.8. The molecule has 0 radical (unpaired) electrons. The van der Waals surface area contributed by atoms with Gasteiger partial charge in [-0.1, -0.05) is 45.4 Å². The van der Waals surface area contributed by atoms with Crippen molar-refractivity contribution in [1.29, 1.82) is 0 Å². The zero-order valence-electron chi connectivity index (χ0n) is 18.7. The lowest BCUT2D eigenvalue weighted by Gasteiger charge is -2.39. The van der Waals surface area contributed by atoms with Crippen molar-refractivity contribution < 1.29 is 28.4 Å². The third kappa shape index (κ3) is 13.0. The van der Waals surface area contributed by atoms with Gasteiger partial charge >= 0.3 is 0 Å². The quantitative estimate of drug-likeness (QED) is 0.218. The third-order valence-corrected chi connectivity index (χ3v) is 4.69. The predicted octanol–water partition coefficient (Wildman–Crippen LogP) is 3.34. The first kappa shape index (κ1) is 27.7. The molecule has 0 aromatic carbocycles. The second-order valence-corrected chi connectivity index (χ2v) is 6.96. The van der Waals surface area contributed by atoms with E-state index in [9.17, 15) is 0 Å². The van der Waals surface area contributed by atoms with Gasteiger partial charge in [0.25, 0.3) is 5.97 Å². The summed E-state index contributed by atoms with van der Waals surface area (Å²) in [7, 11) is 4.95. The Labute approximate surface area is 172 Å². The number of unbranched alkanes of at least 4 members (excludes halogenated alkanes) is 5. The minimum Gasteiger partial charge on any atom is -0.382 e. The fourth-order valence-electron chi connectivity index (χ4n) is 3.15. The van der Waals surface area contributed by atoms with Gasteiger partial charge < -0.3 is 34.2 Å². The average Bonchev–Trinajstić information content (AvgIpc) is 2.70. The van der Waals surface area contributed by atoms with Crippen molar-refractivity contribution in [3.05, 3.63) is 0 Å². The number of rotatable bonds is 22. The van der Waals surface area contributed by atoms with E-state index in [4.69, 9.17) is 34.2 Å². The zero-order chi connectivity index (χ0) is 20.9. The molecule has 0 aromatic heterocycles. The Morgan fingerprint density at radius 2 is 1.11 bits per heavy atom. The molecule has 0 spiro atoms. The van der Waals surface area contributed by atoms with Gasteiger partial charge in [0, 0.05) is 27.2 Å². The van der Waals surface area contributed by atoms with E-state index in [0.717, 1.165) is 19.3 Å². The molecule has 0 rings (SSSR count). The molecule has 0 aliphatic carbocycles. The molecule has 28 heavy (non-hydrogen) atoms. The number of hydrogen-bond donors (Lipinski definition) is 1. The van der Waals surface area contributed by atoms with Crippen LogP contribution in [-0.2, 0) is 28.4 Å².